The Hall–Kier alpha value is -2.07. The number of nitrogens with zero attached hydrogens (tertiary/aromatic N) is 2. The van der Waals surface area contributed by atoms with Gasteiger partial charge in [0, 0.05) is 18.5 Å². The van der Waals surface area contributed by atoms with Crippen LogP contribution in [0.25, 0.3) is 0 Å². The van der Waals surface area contributed by atoms with Crippen molar-refractivity contribution in [3.8, 4) is 0 Å². The number of hydrogen-bond acceptors (Lipinski definition) is 6. The van der Waals surface area contributed by atoms with Crippen molar-refractivity contribution < 1.29 is 19.2 Å². The number of urea groups is 1. The highest BCUT2D eigenvalue weighted by Crippen LogP contribution is 2.22. The van der Waals surface area contributed by atoms with Crippen LogP contribution in [0.5, 0.6) is 0 Å². The quantitative estimate of drug-likeness (QED) is 0.519. The molecule has 1 aromatic heterocycles. The molecule has 30 heavy (non-hydrogen) atoms. The highest BCUT2D eigenvalue weighted by molar-refractivity contribution is 7.13. The number of ether oxygens (including phenoxy) is 1. The van der Waals surface area contributed by atoms with Crippen LogP contribution < -0.4 is 10.6 Å². The second-order valence-corrected chi connectivity index (χ2v) is 8.82. The number of hydroxylamine groups is 2. The summed E-state index contributed by atoms with van der Waals surface area (Å²) < 4.78 is 5.28. The number of carbonyl (C=O) groups excluding carboxylic acids is 2. The molecule has 0 aliphatic carbocycles. The van der Waals surface area contributed by atoms with E-state index in [0.29, 0.717) is 27.4 Å². The van der Waals surface area contributed by atoms with Gasteiger partial charge >= 0.3 is 12.1 Å². The minimum absolute atomic E-state index is 0.0656. The minimum atomic E-state index is -0.615. The van der Waals surface area contributed by atoms with Crippen LogP contribution in [0.1, 0.15) is 39.0 Å². The highest BCUT2D eigenvalue weighted by Gasteiger charge is 2.22. The summed E-state index contributed by atoms with van der Waals surface area (Å²) in [5.41, 5.74) is 0.771. The monoisotopic (exact) mass is 474 g/mol. The molecule has 0 bridgehead atoms. The van der Waals surface area contributed by atoms with Crippen molar-refractivity contribution in [1.29, 1.82) is 0 Å². The summed E-state index contributed by atoms with van der Waals surface area (Å²) in [5, 5.41) is 9.51. The van der Waals surface area contributed by atoms with Crippen molar-refractivity contribution in [1.82, 2.24) is 15.4 Å². The second kappa shape index (κ2) is 10.8. The lowest BCUT2D eigenvalue weighted by Gasteiger charge is -2.25. The predicted molar refractivity (Wildman–Crippen MR) is 118 cm³/mol. The van der Waals surface area contributed by atoms with Gasteiger partial charge in [0.2, 0.25) is 0 Å². The Balaban J connectivity index is 1.81. The molecule has 0 aliphatic rings. The van der Waals surface area contributed by atoms with Crippen molar-refractivity contribution >= 4 is 51.8 Å². The maximum Gasteiger partial charge on any atom is 0.434 e. The summed E-state index contributed by atoms with van der Waals surface area (Å²) in [5.74, 6) is 0. The zero-order chi connectivity index (χ0) is 22.3. The lowest BCUT2D eigenvalue weighted by Crippen LogP contribution is -2.36. The van der Waals surface area contributed by atoms with Crippen LogP contribution in [0.3, 0.4) is 0 Å². The highest BCUT2D eigenvalue weighted by atomic mass is 35.5. The molecule has 0 aliphatic heterocycles. The summed E-state index contributed by atoms with van der Waals surface area (Å²) >= 11 is 13.1. The summed E-state index contributed by atoms with van der Waals surface area (Å²) in [7, 11) is 0. The van der Waals surface area contributed by atoms with E-state index in [2.05, 4.69) is 15.6 Å². The molecule has 8 nitrogen and oxygen atoms in total. The van der Waals surface area contributed by atoms with E-state index in [1.165, 1.54) is 11.3 Å². The first kappa shape index (κ1) is 24.2. The van der Waals surface area contributed by atoms with Crippen LogP contribution in [0.4, 0.5) is 14.7 Å². The molecule has 164 valence electrons. The number of benzene rings is 1. The average molecular weight is 475 g/mol. The molecule has 0 fully saturated rings. The summed E-state index contributed by atoms with van der Waals surface area (Å²) in [4.78, 5) is 33.9. The first-order valence-corrected chi connectivity index (χ1v) is 10.8. The number of anilines is 1. The van der Waals surface area contributed by atoms with Crippen LogP contribution in [0.2, 0.25) is 10.0 Å². The predicted octanol–water partition coefficient (Wildman–Crippen LogP) is 5.46. The number of nitrogens with one attached hydrogen (secondary N) is 2. The van der Waals surface area contributed by atoms with Crippen LogP contribution in [0.15, 0.2) is 23.6 Å². The Morgan fingerprint density at radius 3 is 2.60 bits per heavy atom. The Bertz CT molecular complexity index is 886. The van der Waals surface area contributed by atoms with E-state index >= 15 is 0 Å². The molecule has 1 aromatic carbocycles. The van der Waals surface area contributed by atoms with Crippen molar-refractivity contribution in [3.63, 3.8) is 0 Å². The molecular weight excluding hydrogens is 451 g/mol. The van der Waals surface area contributed by atoms with E-state index in [0.717, 1.165) is 10.6 Å². The number of halogens is 2. The van der Waals surface area contributed by atoms with Gasteiger partial charge in [0.15, 0.2) is 5.13 Å². The van der Waals surface area contributed by atoms with Gasteiger partial charge in [-0.2, -0.15) is 5.06 Å². The average Bonchev–Trinajstić information content (AvgIpc) is 3.09. The molecule has 2 N–H and O–H groups in total. The number of aromatic nitrogens is 1. The number of hydrogen-bond donors (Lipinski definition) is 2. The standard InChI is InChI=1S/C19H24Cl2N4O4S/c1-5-25(18(27)29-19(2,3)4)28-10-13-11-30-17(23-13)24-16(26)22-9-12-6-7-14(20)15(21)8-12/h6-8,11H,5,9-10H2,1-4H3,(H2,22,23,24,26). The molecular formula is C19H24Cl2N4O4S. The third kappa shape index (κ3) is 7.98. The van der Waals surface area contributed by atoms with E-state index in [1.54, 1.807) is 51.3 Å². The van der Waals surface area contributed by atoms with Gasteiger partial charge in [0.25, 0.3) is 0 Å². The number of thiazole rings is 1. The molecule has 2 rings (SSSR count). The first-order valence-electron chi connectivity index (χ1n) is 9.14. The maximum atomic E-state index is 12.1. The SMILES string of the molecule is CCN(OCc1csc(NC(=O)NCc2ccc(Cl)c(Cl)c2)n1)C(=O)OC(C)(C)C. The molecule has 0 atom stereocenters. The Kier molecular flexibility index (Phi) is 8.72. The maximum absolute atomic E-state index is 12.1. The van der Waals surface area contributed by atoms with E-state index in [-0.39, 0.29) is 13.2 Å². The summed E-state index contributed by atoms with van der Waals surface area (Å²) in [6, 6.07) is 4.72. The number of carbonyl (C=O) groups is 2. The molecule has 3 amide bonds. The molecule has 0 spiro atoms. The summed E-state index contributed by atoms with van der Waals surface area (Å²) in [6.45, 7) is 7.79. The largest absolute Gasteiger partial charge is 0.442 e. The van der Waals surface area contributed by atoms with Gasteiger partial charge in [-0.1, -0.05) is 29.3 Å². The van der Waals surface area contributed by atoms with Crippen LogP contribution >= 0.6 is 34.5 Å². The van der Waals surface area contributed by atoms with Gasteiger partial charge in [-0.25, -0.2) is 14.6 Å². The van der Waals surface area contributed by atoms with Crippen molar-refractivity contribution in [2.75, 3.05) is 11.9 Å². The summed E-state index contributed by atoms with van der Waals surface area (Å²) in [6.07, 6.45) is -0.569. The van der Waals surface area contributed by atoms with Crippen molar-refractivity contribution in [2.45, 2.75) is 46.4 Å². The van der Waals surface area contributed by atoms with E-state index in [9.17, 15) is 9.59 Å². The van der Waals surface area contributed by atoms with Crippen molar-refractivity contribution in [2.24, 2.45) is 0 Å². The second-order valence-electron chi connectivity index (χ2n) is 7.15. The molecule has 11 heteroatoms. The lowest BCUT2D eigenvalue weighted by molar-refractivity contribution is -0.154. The fourth-order valence-electron chi connectivity index (χ4n) is 2.13. The molecule has 0 saturated heterocycles. The van der Waals surface area contributed by atoms with Crippen molar-refractivity contribution in [3.05, 3.63) is 44.9 Å². The van der Waals surface area contributed by atoms with E-state index < -0.39 is 17.7 Å². The normalized spacial score (nSPS) is 11.1. The van der Waals surface area contributed by atoms with Gasteiger partial charge in [0.05, 0.1) is 15.7 Å². The molecule has 0 saturated carbocycles. The van der Waals surface area contributed by atoms with Gasteiger partial charge in [-0.05, 0) is 45.4 Å². The zero-order valence-corrected chi connectivity index (χ0v) is 19.5. The zero-order valence-electron chi connectivity index (χ0n) is 17.1. The topological polar surface area (TPSA) is 92.8 Å². The fraction of sp³-hybridized carbons (Fsp3) is 0.421. The smallest absolute Gasteiger partial charge is 0.434 e. The van der Waals surface area contributed by atoms with Crippen LogP contribution in [-0.4, -0.2) is 34.3 Å². The number of rotatable bonds is 7. The Morgan fingerprint density at radius 2 is 1.97 bits per heavy atom. The van der Waals surface area contributed by atoms with E-state index in [4.69, 9.17) is 32.8 Å². The Morgan fingerprint density at radius 1 is 1.23 bits per heavy atom. The van der Waals surface area contributed by atoms with Gasteiger partial charge in [0.1, 0.15) is 12.2 Å². The molecule has 0 radical (unpaired) electrons. The minimum Gasteiger partial charge on any atom is -0.442 e. The lowest BCUT2D eigenvalue weighted by atomic mass is 10.2. The van der Waals surface area contributed by atoms with Crippen LogP contribution in [0, 0.1) is 0 Å². The molecule has 1 heterocycles. The molecule has 0 unspecified atom stereocenters. The van der Waals surface area contributed by atoms with E-state index in [1.807, 2.05) is 0 Å². The third-order valence-electron chi connectivity index (χ3n) is 3.46. The van der Waals surface area contributed by atoms with Gasteiger partial charge in [-0.3, -0.25) is 10.2 Å². The Labute approximate surface area is 189 Å². The number of amides is 3. The van der Waals surface area contributed by atoms with Crippen LogP contribution in [-0.2, 0) is 22.7 Å². The molecule has 2 aromatic rings. The fourth-order valence-corrected chi connectivity index (χ4v) is 3.14. The van der Waals surface area contributed by atoms with Gasteiger partial charge in [-0.15, -0.1) is 11.3 Å². The first-order chi connectivity index (χ1) is 14.1. The van der Waals surface area contributed by atoms with Gasteiger partial charge < -0.3 is 10.1 Å². The third-order valence-corrected chi connectivity index (χ3v) is 5.01.